The van der Waals surface area contributed by atoms with Crippen LogP contribution in [-0.2, 0) is 22.3 Å². The summed E-state index contributed by atoms with van der Waals surface area (Å²) in [6.07, 6.45) is -3.38. The summed E-state index contributed by atoms with van der Waals surface area (Å²) >= 11 is 0. The molecule has 5 amide bonds. The molecule has 0 spiro atoms. The van der Waals surface area contributed by atoms with Gasteiger partial charge in [-0.3, -0.25) is 29.3 Å². The van der Waals surface area contributed by atoms with E-state index < -0.39 is 53.1 Å². The standard InChI is InChI=1S/C26H20F3N5O7/c1-40-14-8-15-17(11-34(25(15)39)19-6-7-20(35)33-23(19)37)18(9-14)32-24(38)21-16(10-30-41-21)22(36)31-13-4-2-12(3-5-13)26(27,28)29/h2-5,8-10,19H,6-7,11H2,1H3,(H,31,36)(H,32,38)(H,33,35,37). The number of ether oxygens (including phenoxy) is 1. The Morgan fingerprint density at radius 1 is 1.10 bits per heavy atom. The van der Waals surface area contributed by atoms with E-state index in [4.69, 9.17) is 9.26 Å². The van der Waals surface area contributed by atoms with Crippen LogP contribution < -0.4 is 20.7 Å². The van der Waals surface area contributed by atoms with Crippen LogP contribution in [0.4, 0.5) is 24.5 Å². The third-order valence-electron chi connectivity index (χ3n) is 6.60. The Hall–Kier alpha value is -5.21. The second kappa shape index (κ2) is 10.4. The van der Waals surface area contributed by atoms with Crippen LogP contribution in [0.2, 0.25) is 0 Å². The van der Waals surface area contributed by atoms with E-state index in [2.05, 4.69) is 21.1 Å². The first-order valence-corrected chi connectivity index (χ1v) is 12.1. The molecule has 5 rings (SSSR count). The maximum atomic E-state index is 13.2. The summed E-state index contributed by atoms with van der Waals surface area (Å²) < 4.78 is 48.7. The Balaban J connectivity index is 1.36. The van der Waals surface area contributed by atoms with Gasteiger partial charge in [0.05, 0.1) is 30.1 Å². The van der Waals surface area contributed by atoms with Crippen LogP contribution in [0.25, 0.3) is 0 Å². The van der Waals surface area contributed by atoms with Gasteiger partial charge in [0, 0.05) is 30.3 Å². The van der Waals surface area contributed by atoms with E-state index in [1.807, 2.05) is 0 Å². The number of piperidine rings is 1. The lowest BCUT2D eigenvalue weighted by atomic mass is 10.0. The van der Waals surface area contributed by atoms with E-state index in [1.54, 1.807) is 0 Å². The summed E-state index contributed by atoms with van der Waals surface area (Å²) in [6.45, 7) is -0.0578. The van der Waals surface area contributed by atoms with Gasteiger partial charge in [-0.1, -0.05) is 5.16 Å². The Kier molecular flexibility index (Phi) is 6.94. The van der Waals surface area contributed by atoms with Crippen LogP contribution in [0.5, 0.6) is 5.75 Å². The minimum absolute atomic E-state index is 0.0354. The van der Waals surface area contributed by atoms with Gasteiger partial charge in [0.25, 0.3) is 17.7 Å². The first-order valence-electron chi connectivity index (χ1n) is 12.1. The topological polar surface area (TPSA) is 160 Å². The second-order valence-corrected chi connectivity index (χ2v) is 9.15. The molecule has 12 nitrogen and oxygen atoms in total. The number of carbonyl (C=O) groups is 5. The lowest BCUT2D eigenvalue weighted by molar-refractivity contribution is -0.138. The average molecular weight is 571 g/mol. The van der Waals surface area contributed by atoms with Gasteiger partial charge in [0.1, 0.15) is 17.4 Å². The van der Waals surface area contributed by atoms with Crippen molar-refractivity contribution >= 4 is 40.9 Å². The molecule has 212 valence electrons. The number of nitrogens with one attached hydrogen (secondary N) is 3. The average Bonchev–Trinajstić information content (AvgIpc) is 3.54. The molecule has 15 heteroatoms. The Labute approximate surface area is 228 Å². The molecule has 0 bridgehead atoms. The minimum atomic E-state index is -4.55. The number of imide groups is 1. The lowest BCUT2D eigenvalue weighted by Gasteiger charge is -2.29. The second-order valence-electron chi connectivity index (χ2n) is 9.15. The van der Waals surface area contributed by atoms with Crippen LogP contribution in [0.1, 0.15) is 55.2 Å². The normalized spacial score (nSPS) is 16.7. The highest BCUT2D eigenvalue weighted by Crippen LogP contribution is 2.36. The smallest absolute Gasteiger partial charge is 0.416 e. The number of nitrogens with zero attached hydrogens (tertiary/aromatic N) is 2. The Bertz CT molecular complexity index is 1580. The molecule has 1 saturated heterocycles. The first-order chi connectivity index (χ1) is 19.5. The molecule has 3 aromatic rings. The number of hydrogen-bond donors (Lipinski definition) is 3. The number of halogens is 3. The van der Waals surface area contributed by atoms with E-state index in [0.29, 0.717) is 5.56 Å². The van der Waals surface area contributed by atoms with E-state index in [0.717, 1.165) is 30.5 Å². The fourth-order valence-electron chi connectivity index (χ4n) is 4.55. The number of alkyl halides is 3. The third kappa shape index (κ3) is 5.33. The maximum absolute atomic E-state index is 13.2. The molecule has 3 N–H and O–H groups in total. The third-order valence-corrected chi connectivity index (χ3v) is 6.60. The number of aromatic nitrogens is 1. The molecule has 0 saturated carbocycles. The van der Waals surface area contributed by atoms with Gasteiger partial charge in [-0.25, -0.2) is 0 Å². The first kappa shape index (κ1) is 27.4. The Morgan fingerprint density at radius 2 is 1.83 bits per heavy atom. The maximum Gasteiger partial charge on any atom is 0.416 e. The van der Waals surface area contributed by atoms with Gasteiger partial charge in [0.2, 0.25) is 17.6 Å². The molecular weight excluding hydrogens is 551 g/mol. The molecule has 1 unspecified atom stereocenters. The summed E-state index contributed by atoms with van der Waals surface area (Å²) in [7, 11) is 1.35. The van der Waals surface area contributed by atoms with Crippen molar-refractivity contribution in [2.75, 3.05) is 17.7 Å². The molecule has 1 fully saturated rings. The number of benzene rings is 2. The number of rotatable bonds is 6. The van der Waals surface area contributed by atoms with Crippen molar-refractivity contribution in [2.45, 2.75) is 31.6 Å². The van der Waals surface area contributed by atoms with Gasteiger partial charge in [0.15, 0.2) is 0 Å². The highest BCUT2D eigenvalue weighted by atomic mass is 19.4. The van der Waals surface area contributed by atoms with Gasteiger partial charge < -0.3 is 24.8 Å². The van der Waals surface area contributed by atoms with Crippen LogP contribution in [0.15, 0.2) is 47.1 Å². The predicted molar refractivity (Wildman–Crippen MR) is 133 cm³/mol. The summed E-state index contributed by atoms with van der Waals surface area (Å²) in [6, 6.07) is 5.70. The molecule has 2 aliphatic heterocycles. The molecule has 1 atom stereocenters. The fraction of sp³-hybridized carbons (Fsp3) is 0.231. The SMILES string of the molecule is COc1cc(NC(=O)c2oncc2C(=O)Nc2ccc(C(F)(F)F)cc2)c2c(c1)C(=O)N(C1CCC(=O)NC1=O)C2. The number of fused-ring (bicyclic) bond motifs is 1. The summed E-state index contributed by atoms with van der Waals surface area (Å²) in [5.41, 5.74) is -0.498. The van der Waals surface area contributed by atoms with E-state index in [1.165, 1.54) is 24.1 Å². The highest BCUT2D eigenvalue weighted by Gasteiger charge is 2.40. The quantitative estimate of drug-likeness (QED) is 0.381. The zero-order valence-corrected chi connectivity index (χ0v) is 21.1. The zero-order valence-electron chi connectivity index (χ0n) is 21.1. The van der Waals surface area contributed by atoms with Crippen molar-refractivity contribution in [3.8, 4) is 5.75 Å². The van der Waals surface area contributed by atoms with E-state index in [-0.39, 0.29) is 47.6 Å². The molecule has 2 aromatic carbocycles. The minimum Gasteiger partial charge on any atom is -0.497 e. The van der Waals surface area contributed by atoms with Gasteiger partial charge in [-0.05, 0) is 36.8 Å². The van der Waals surface area contributed by atoms with Crippen molar-refractivity contribution in [3.05, 3.63) is 70.6 Å². The lowest BCUT2D eigenvalue weighted by Crippen LogP contribution is -2.52. The van der Waals surface area contributed by atoms with Crippen LogP contribution in [0, 0.1) is 0 Å². The predicted octanol–water partition coefficient (Wildman–Crippen LogP) is 2.97. The molecule has 0 radical (unpaired) electrons. The number of methoxy groups -OCH3 is 1. The molecule has 1 aromatic heterocycles. The fourth-order valence-corrected chi connectivity index (χ4v) is 4.55. The number of anilines is 2. The van der Waals surface area contributed by atoms with Crippen molar-refractivity contribution in [1.29, 1.82) is 0 Å². The molecule has 2 aliphatic rings. The summed E-state index contributed by atoms with van der Waals surface area (Å²) in [5, 5.41) is 10.7. The number of carbonyl (C=O) groups excluding carboxylic acids is 5. The number of amides is 5. The van der Waals surface area contributed by atoms with Gasteiger partial charge in [-0.15, -0.1) is 0 Å². The highest BCUT2D eigenvalue weighted by molar-refractivity contribution is 6.14. The molecule has 3 heterocycles. The monoisotopic (exact) mass is 571 g/mol. The molecular formula is C26H20F3N5O7. The van der Waals surface area contributed by atoms with Crippen molar-refractivity contribution in [3.63, 3.8) is 0 Å². The van der Waals surface area contributed by atoms with Crippen molar-refractivity contribution in [1.82, 2.24) is 15.4 Å². The molecule has 0 aliphatic carbocycles. The number of hydrogen-bond acceptors (Lipinski definition) is 8. The van der Waals surface area contributed by atoms with Crippen molar-refractivity contribution in [2.24, 2.45) is 0 Å². The van der Waals surface area contributed by atoms with Crippen LogP contribution >= 0.6 is 0 Å². The van der Waals surface area contributed by atoms with Crippen molar-refractivity contribution < 1.29 is 46.4 Å². The van der Waals surface area contributed by atoms with Gasteiger partial charge in [-0.2, -0.15) is 13.2 Å². The van der Waals surface area contributed by atoms with Crippen LogP contribution in [0.3, 0.4) is 0 Å². The zero-order chi connectivity index (χ0) is 29.5. The Morgan fingerprint density at radius 3 is 2.49 bits per heavy atom. The molecule has 41 heavy (non-hydrogen) atoms. The van der Waals surface area contributed by atoms with Gasteiger partial charge >= 0.3 is 6.18 Å². The van der Waals surface area contributed by atoms with Crippen LogP contribution in [-0.4, -0.2) is 52.7 Å². The summed E-state index contributed by atoms with van der Waals surface area (Å²) in [4.78, 5) is 64.4. The largest absolute Gasteiger partial charge is 0.497 e. The van der Waals surface area contributed by atoms with E-state index >= 15 is 0 Å². The van der Waals surface area contributed by atoms with E-state index in [9.17, 15) is 37.1 Å². The summed E-state index contributed by atoms with van der Waals surface area (Å²) in [5.74, 6) is -3.61.